The van der Waals surface area contributed by atoms with Crippen molar-refractivity contribution in [2.45, 2.75) is 26.5 Å². The van der Waals surface area contributed by atoms with Gasteiger partial charge in [-0.15, -0.1) is 0 Å². The number of pyridine rings is 1. The van der Waals surface area contributed by atoms with Gasteiger partial charge >= 0.3 is 0 Å². The van der Waals surface area contributed by atoms with Gasteiger partial charge in [-0.2, -0.15) is 0 Å². The van der Waals surface area contributed by atoms with E-state index in [1.807, 2.05) is 31.2 Å². The van der Waals surface area contributed by atoms with Crippen LogP contribution in [0, 0.1) is 0 Å². The van der Waals surface area contributed by atoms with Gasteiger partial charge in [-0.05, 0) is 49.2 Å². The Bertz CT molecular complexity index is 1370. The Hall–Kier alpha value is -3.55. The minimum Gasteiger partial charge on any atom is -0.494 e. The number of imidazole rings is 1. The first-order chi connectivity index (χ1) is 17.0. The molecule has 7 nitrogen and oxygen atoms in total. The molecular formula is C26H23Cl2N3O4. The zero-order valence-corrected chi connectivity index (χ0v) is 20.5. The zero-order valence-electron chi connectivity index (χ0n) is 19.0. The van der Waals surface area contributed by atoms with Crippen molar-refractivity contribution >= 4 is 29.1 Å². The fraction of sp³-hybridized carbons (Fsp3) is 0.192. The largest absolute Gasteiger partial charge is 0.494 e. The van der Waals surface area contributed by atoms with E-state index in [0.717, 1.165) is 5.56 Å². The first-order valence-electron chi connectivity index (χ1n) is 11.0. The third kappa shape index (κ3) is 5.93. The quantitative estimate of drug-likeness (QED) is 0.306. The van der Waals surface area contributed by atoms with E-state index in [1.165, 1.54) is 21.5 Å². The molecule has 0 radical (unpaired) electrons. The Kier molecular flexibility index (Phi) is 7.90. The molecule has 4 aromatic rings. The van der Waals surface area contributed by atoms with Crippen molar-refractivity contribution in [1.29, 1.82) is 0 Å². The molecule has 0 amide bonds. The summed E-state index contributed by atoms with van der Waals surface area (Å²) in [6.45, 7) is 2.88. The normalized spacial score (nSPS) is 10.8. The number of carbonyl (C=O) groups excluding carboxylic acids is 1. The third-order valence-corrected chi connectivity index (χ3v) is 5.96. The fourth-order valence-corrected chi connectivity index (χ4v) is 4.11. The van der Waals surface area contributed by atoms with Gasteiger partial charge in [0.25, 0.3) is 11.5 Å². The molecule has 9 heteroatoms. The maximum absolute atomic E-state index is 12.8. The average Bonchev–Trinajstić information content (AvgIpc) is 3.40. The summed E-state index contributed by atoms with van der Waals surface area (Å²) in [5.41, 5.74) is 1.67. The number of halogens is 2. The smallest absolute Gasteiger partial charge is 0.269 e. The van der Waals surface area contributed by atoms with Crippen molar-refractivity contribution in [3.63, 3.8) is 0 Å². The summed E-state index contributed by atoms with van der Waals surface area (Å²) < 4.78 is 14.4. The lowest BCUT2D eigenvalue weighted by Gasteiger charge is -2.16. The topological polar surface area (TPSA) is 75.3 Å². The molecule has 0 saturated heterocycles. The SMILES string of the molecule is CCOc1cccc(OCc2c(Cl)cc(Cl)c(=O)n2CCc2ccc(C(=O)n3ccnc3)cc2)c1. The van der Waals surface area contributed by atoms with E-state index in [4.69, 9.17) is 32.7 Å². The van der Waals surface area contributed by atoms with Crippen LogP contribution in [-0.4, -0.2) is 26.6 Å². The van der Waals surface area contributed by atoms with E-state index in [2.05, 4.69) is 4.98 Å². The van der Waals surface area contributed by atoms with E-state index < -0.39 is 0 Å². The van der Waals surface area contributed by atoms with Crippen molar-refractivity contribution in [2.75, 3.05) is 6.61 Å². The Morgan fingerprint density at radius 3 is 2.43 bits per heavy atom. The molecule has 0 atom stereocenters. The molecule has 0 fully saturated rings. The van der Waals surface area contributed by atoms with Gasteiger partial charge in [-0.3, -0.25) is 14.2 Å². The van der Waals surface area contributed by atoms with E-state index in [-0.39, 0.29) is 23.1 Å². The Balaban J connectivity index is 1.50. The van der Waals surface area contributed by atoms with Gasteiger partial charge in [-0.25, -0.2) is 4.98 Å². The molecular weight excluding hydrogens is 489 g/mol. The van der Waals surface area contributed by atoms with Crippen LogP contribution in [0.5, 0.6) is 11.5 Å². The zero-order chi connectivity index (χ0) is 24.8. The van der Waals surface area contributed by atoms with Crippen LogP contribution in [0.3, 0.4) is 0 Å². The molecule has 0 saturated carbocycles. The second-order valence-corrected chi connectivity index (χ2v) is 8.48. The van der Waals surface area contributed by atoms with E-state index >= 15 is 0 Å². The van der Waals surface area contributed by atoms with Crippen molar-refractivity contribution in [2.24, 2.45) is 0 Å². The molecule has 0 spiro atoms. The fourth-order valence-electron chi connectivity index (χ4n) is 3.58. The highest BCUT2D eigenvalue weighted by atomic mass is 35.5. The van der Waals surface area contributed by atoms with E-state index in [1.54, 1.807) is 36.7 Å². The molecule has 2 aromatic carbocycles. The predicted octanol–water partition coefficient (Wildman–Crippen LogP) is 5.26. The monoisotopic (exact) mass is 511 g/mol. The Morgan fingerprint density at radius 1 is 1.00 bits per heavy atom. The molecule has 0 unspecified atom stereocenters. The highest BCUT2D eigenvalue weighted by Gasteiger charge is 2.15. The molecule has 4 rings (SSSR count). The highest BCUT2D eigenvalue weighted by Crippen LogP contribution is 2.24. The predicted molar refractivity (Wildman–Crippen MR) is 135 cm³/mol. The minimum atomic E-state index is -0.343. The number of hydrogen-bond acceptors (Lipinski definition) is 5. The van der Waals surface area contributed by atoms with Crippen LogP contribution in [0.15, 0.2) is 78.1 Å². The van der Waals surface area contributed by atoms with Crippen LogP contribution in [0.2, 0.25) is 10.0 Å². The number of aromatic nitrogens is 3. The third-order valence-electron chi connectivity index (χ3n) is 5.36. The molecule has 0 bridgehead atoms. The van der Waals surface area contributed by atoms with Gasteiger partial charge in [0.1, 0.15) is 29.5 Å². The van der Waals surface area contributed by atoms with Gasteiger partial charge < -0.3 is 14.0 Å². The molecule has 0 N–H and O–H groups in total. The van der Waals surface area contributed by atoms with Gasteiger partial charge in [0.2, 0.25) is 0 Å². The lowest BCUT2D eigenvalue weighted by molar-refractivity contribution is 0.0959. The summed E-state index contributed by atoms with van der Waals surface area (Å²) in [4.78, 5) is 29.2. The number of benzene rings is 2. The van der Waals surface area contributed by atoms with Gasteiger partial charge in [0, 0.05) is 30.6 Å². The van der Waals surface area contributed by atoms with E-state index in [0.29, 0.717) is 47.4 Å². The summed E-state index contributed by atoms with van der Waals surface area (Å²) >= 11 is 12.6. The number of rotatable bonds is 9. The second kappa shape index (κ2) is 11.3. The molecule has 0 aliphatic carbocycles. The summed E-state index contributed by atoms with van der Waals surface area (Å²) in [5.74, 6) is 1.12. The second-order valence-electron chi connectivity index (χ2n) is 7.66. The number of aryl methyl sites for hydroxylation is 1. The molecule has 2 aromatic heterocycles. The van der Waals surface area contributed by atoms with E-state index in [9.17, 15) is 9.59 Å². The number of carbonyl (C=O) groups is 1. The van der Waals surface area contributed by atoms with Crippen LogP contribution in [0.4, 0.5) is 0 Å². The summed E-state index contributed by atoms with van der Waals surface area (Å²) in [6, 6.07) is 15.9. The van der Waals surface area contributed by atoms with Crippen LogP contribution < -0.4 is 15.0 Å². The van der Waals surface area contributed by atoms with Crippen molar-refractivity contribution in [3.05, 3.63) is 111 Å². The van der Waals surface area contributed by atoms with Crippen molar-refractivity contribution in [1.82, 2.24) is 14.1 Å². The maximum atomic E-state index is 12.8. The minimum absolute atomic E-state index is 0.0402. The molecule has 35 heavy (non-hydrogen) atoms. The first-order valence-corrected chi connectivity index (χ1v) is 11.8. The summed E-state index contributed by atoms with van der Waals surface area (Å²) in [6.07, 6.45) is 5.14. The number of hydrogen-bond donors (Lipinski definition) is 0. The van der Waals surface area contributed by atoms with Crippen LogP contribution in [-0.2, 0) is 19.6 Å². The molecule has 0 aliphatic rings. The van der Waals surface area contributed by atoms with Gasteiger partial charge in [0.05, 0.1) is 17.3 Å². The lowest BCUT2D eigenvalue weighted by Crippen LogP contribution is -2.26. The van der Waals surface area contributed by atoms with Gasteiger partial charge in [0.15, 0.2) is 0 Å². The van der Waals surface area contributed by atoms with Crippen molar-refractivity contribution in [3.8, 4) is 11.5 Å². The molecule has 180 valence electrons. The standard InChI is InChI=1S/C26H23Cl2N3O4/c1-2-34-20-4-3-5-21(14-20)35-16-24-22(27)15-23(28)26(33)31(24)12-10-18-6-8-19(9-7-18)25(32)30-13-11-29-17-30/h3-9,11,13-15,17H,2,10,12,16H2,1H3. The summed E-state index contributed by atoms with van der Waals surface area (Å²) in [7, 11) is 0. The van der Waals surface area contributed by atoms with Crippen LogP contribution in [0.1, 0.15) is 28.5 Å². The Labute approximate surface area is 212 Å². The van der Waals surface area contributed by atoms with Crippen molar-refractivity contribution < 1.29 is 14.3 Å². The summed E-state index contributed by atoms with van der Waals surface area (Å²) in [5, 5.41) is 0.384. The Morgan fingerprint density at radius 2 is 1.74 bits per heavy atom. The number of ether oxygens (including phenoxy) is 2. The molecule has 0 aliphatic heterocycles. The maximum Gasteiger partial charge on any atom is 0.269 e. The van der Waals surface area contributed by atoms with Gasteiger partial charge in [-0.1, -0.05) is 41.4 Å². The number of nitrogens with zero attached hydrogens (tertiary/aromatic N) is 3. The average molecular weight is 512 g/mol. The molecule has 2 heterocycles. The van der Waals surface area contributed by atoms with Crippen LogP contribution in [0.25, 0.3) is 0 Å². The lowest BCUT2D eigenvalue weighted by atomic mass is 10.1. The first kappa shape index (κ1) is 24.6. The van der Waals surface area contributed by atoms with Crippen LogP contribution >= 0.6 is 23.2 Å². The highest BCUT2D eigenvalue weighted by molar-refractivity contribution is 6.34.